The van der Waals surface area contributed by atoms with Gasteiger partial charge in [0.15, 0.2) is 0 Å². The van der Waals surface area contributed by atoms with Gasteiger partial charge in [0.05, 0.1) is 0 Å². The second-order valence-corrected chi connectivity index (χ2v) is 7.17. The smallest absolute Gasteiger partial charge is 0.223 e. The Morgan fingerprint density at radius 1 is 1.48 bits per heavy atom. The minimum Gasteiger partial charge on any atom is -0.365 e. The lowest BCUT2D eigenvalue weighted by atomic mass is 9.91. The van der Waals surface area contributed by atoms with Crippen molar-refractivity contribution >= 4 is 35.9 Å². The first-order valence-electron chi connectivity index (χ1n) is 7.84. The van der Waals surface area contributed by atoms with Crippen molar-refractivity contribution in [2.75, 3.05) is 30.4 Å². The largest absolute Gasteiger partial charge is 0.365 e. The molecule has 2 heterocycles. The van der Waals surface area contributed by atoms with E-state index in [1.165, 1.54) is 0 Å². The quantitative estimate of drug-likeness (QED) is 0.847. The third-order valence-electron chi connectivity index (χ3n) is 4.20. The molecule has 2 rings (SSSR count). The fourth-order valence-electron chi connectivity index (χ4n) is 2.93. The number of hydrogen-bond donors (Lipinski definition) is 1. The molecule has 0 aromatic carbocycles. The molecule has 0 bridgehead atoms. The monoisotopic (exact) mass is 358 g/mol. The molecule has 1 aliphatic rings. The Morgan fingerprint density at radius 3 is 2.83 bits per heavy atom. The van der Waals surface area contributed by atoms with Gasteiger partial charge in [0.2, 0.25) is 5.91 Å². The van der Waals surface area contributed by atoms with E-state index < -0.39 is 0 Å². The highest BCUT2D eigenvalue weighted by molar-refractivity contribution is 7.98. The molecule has 1 aliphatic heterocycles. The van der Waals surface area contributed by atoms with E-state index in [0.717, 1.165) is 30.5 Å². The Labute approximate surface area is 149 Å². The zero-order valence-electron chi connectivity index (χ0n) is 14.3. The molecular formula is C16H27ClN4OS. The van der Waals surface area contributed by atoms with Crippen LogP contribution in [0.15, 0.2) is 12.3 Å². The zero-order valence-corrected chi connectivity index (χ0v) is 15.9. The number of amides is 1. The standard InChI is InChI=1S/C16H26N4OS.ClH/c1-11(2)13-9-20(16(21)6-8-22-4)10-14(13)19-15-5-7-17-12(3)18-15;/h5,7,11,13-14H,6,8-10H2,1-4H3,(H,17,18,19);1H/t13-,14+;/m1./s1. The average Bonchev–Trinajstić information content (AvgIpc) is 2.89. The molecular weight excluding hydrogens is 332 g/mol. The molecule has 1 amide bonds. The number of carbonyl (C=O) groups is 1. The van der Waals surface area contributed by atoms with Gasteiger partial charge in [0.1, 0.15) is 11.6 Å². The molecule has 7 heteroatoms. The Hall–Kier alpha value is -1.01. The third-order valence-corrected chi connectivity index (χ3v) is 4.82. The Kier molecular flexibility index (Phi) is 8.12. The van der Waals surface area contributed by atoms with Crippen molar-refractivity contribution in [3.05, 3.63) is 18.1 Å². The van der Waals surface area contributed by atoms with Gasteiger partial charge in [0.25, 0.3) is 0 Å². The lowest BCUT2D eigenvalue weighted by molar-refractivity contribution is -0.129. The van der Waals surface area contributed by atoms with Gasteiger partial charge < -0.3 is 10.2 Å². The molecule has 1 aromatic rings. The molecule has 0 aliphatic carbocycles. The van der Waals surface area contributed by atoms with Gasteiger partial charge in [-0.25, -0.2) is 9.97 Å². The van der Waals surface area contributed by atoms with Gasteiger partial charge >= 0.3 is 0 Å². The van der Waals surface area contributed by atoms with E-state index in [1.54, 1.807) is 18.0 Å². The molecule has 1 fully saturated rings. The molecule has 5 nitrogen and oxygen atoms in total. The van der Waals surface area contributed by atoms with Crippen LogP contribution in [0.5, 0.6) is 0 Å². The van der Waals surface area contributed by atoms with E-state index in [2.05, 4.69) is 29.1 Å². The molecule has 1 aromatic heterocycles. The van der Waals surface area contributed by atoms with Crippen LogP contribution in [0.1, 0.15) is 26.1 Å². The summed E-state index contributed by atoms with van der Waals surface area (Å²) in [5, 5.41) is 3.50. The maximum absolute atomic E-state index is 12.3. The number of aromatic nitrogens is 2. The number of rotatable bonds is 6. The molecule has 0 saturated carbocycles. The summed E-state index contributed by atoms with van der Waals surface area (Å²) in [6.07, 6.45) is 4.44. The van der Waals surface area contributed by atoms with Gasteiger partial charge in [-0.05, 0) is 25.2 Å². The van der Waals surface area contributed by atoms with Crippen LogP contribution in [-0.2, 0) is 4.79 Å². The number of aryl methyl sites for hydroxylation is 1. The Bertz CT molecular complexity index is 515. The van der Waals surface area contributed by atoms with E-state index in [1.807, 2.05) is 24.1 Å². The maximum Gasteiger partial charge on any atom is 0.223 e. The summed E-state index contributed by atoms with van der Waals surface area (Å²) >= 11 is 1.72. The summed E-state index contributed by atoms with van der Waals surface area (Å²) in [6, 6.07) is 2.15. The first-order chi connectivity index (χ1) is 10.5. The number of halogens is 1. The van der Waals surface area contributed by atoms with Crippen LogP contribution < -0.4 is 5.32 Å². The van der Waals surface area contributed by atoms with Crippen molar-refractivity contribution in [2.45, 2.75) is 33.2 Å². The average molecular weight is 359 g/mol. The van der Waals surface area contributed by atoms with Crippen molar-refractivity contribution in [1.29, 1.82) is 0 Å². The summed E-state index contributed by atoms with van der Waals surface area (Å²) < 4.78 is 0. The highest BCUT2D eigenvalue weighted by atomic mass is 35.5. The maximum atomic E-state index is 12.3. The second kappa shape index (κ2) is 9.33. The van der Waals surface area contributed by atoms with Gasteiger partial charge in [0, 0.05) is 43.4 Å². The minimum absolute atomic E-state index is 0. The van der Waals surface area contributed by atoms with Crippen LogP contribution in [0.25, 0.3) is 0 Å². The Morgan fingerprint density at radius 2 is 2.22 bits per heavy atom. The van der Waals surface area contributed by atoms with Gasteiger partial charge in [-0.2, -0.15) is 11.8 Å². The fourth-order valence-corrected chi connectivity index (χ4v) is 3.31. The Balaban J connectivity index is 0.00000264. The molecule has 130 valence electrons. The SMILES string of the molecule is CSCCC(=O)N1C[C@H](Nc2ccnc(C)n2)[C@@H](C(C)C)C1.Cl. The summed E-state index contributed by atoms with van der Waals surface area (Å²) in [6.45, 7) is 7.94. The van der Waals surface area contributed by atoms with Crippen LogP contribution in [0.4, 0.5) is 5.82 Å². The number of nitrogens with one attached hydrogen (secondary N) is 1. The predicted octanol–water partition coefficient (Wildman–Crippen LogP) is 2.85. The van der Waals surface area contributed by atoms with Crippen molar-refractivity contribution in [2.24, 2.45) is 11.8 Å². The summed E-state index contributed by atoms with van der Waals surface area (Å²) in [7, 11) is 0. The topological polar surface area (TPSA) is 58.1 Å². The first-order valence-corrected chi connectivity index (χ1v) is 9.23. The highest BCUT2D eigenvalue weighted by Crippen LogP contribution is 2.27. The number of anilines is 1. The van der Waals surface area contributed by atoms with E-state index in [4.69, 9.17) is 0 Å². The van der Waals surface area contributed by atoms with Crippen LogP contribution in [0, 0.1) is 18.8 Å². The molecule has 0 radical (unpaired) electrons. The van der Waals surface area contributed by atoms with Crippen LogP contribution in [-0.4, -0.2) is 51.9 Å². The lowest BCUT2D eigenvalue weighted by Crippen LogP contribution is -2.33. The number of likely N-dealkylation sites (tertiary alicyclic amines) is 1. The van der Waals surface area contributed by atoms with E-state index in [-0.39, 0.29) is 24.4 Å². The normalized spacial score (nSPS) is 20.5. The molecule has 0 unspecified atom stereocenters. The highest BCUT2D eigenvalue weighted by Gasteiger charge is 2.36. The van der Waals surface area contributed by atoms with Crippen molar-refractivity contribution in [1.82, 2.24) is 14.9 Å². The molecule has 0 spiro atoms. The van der Waals surface area contributed by atoms with Crippen molar-refractivity contribution < 1.29 is 4.79 Å². The summed E-state index contributed by atoms with van der Waals surface area (Å²) in [4.78, 5) is 22.8. The predicted molar refractivity (Wildman–Crippen MR) is 99.3 cm³/mol. The van der Waals surface area contributed by atoms with Crippen LogP contribution in [0.3, 0.4) is 0 Å². The number of carbonyl (C=O) groups excluding carboxylic acids is 1. The molecule has 1 N–H and O–H groups in total. The van der Waals surface area contributed by atoms with Crippen molar-refractivity contribution in [3.63, 3.8) is 0 Å². The van der Waals surface area contributed by atoms with Crippen LogP contribution >= 0.6 is 24.2 Å². The number of nitrogens with zero attached hydrogens (tertiary/aromatic N) is 3. The molecule has 2 atom stereocenters. The first kappa shape index (κ1) is 20.0. The van der Waals surface area contributed by atoms with E-state index >= 15 is 0 Å². The van der Waals surface area contributed by atoms with Gasteiger partial charge in [-0.15, -0.1) is 12.4 Å². The lowest BCUT2D eigenvalue weighted by Gasteiger charge is -2.23. The molecule has 23 heavy (non-hydrogen) atoms. The van der Waals surface area contributed by atoms with Crippen molar-refractivity contribution in [3.8, 4) is 0 Å². The van der Waals surface area contributed by atoms with Crippen LogP contribution in [0.2, 0.25) is 0 Å². The van der Waals surface area contributed by atoms with Gasteiger partial charge in [-0.1, -0.05) is 13.8 Å². The molecule has 1 saturated heterocycles. The van der Waals surface area contributed by atoms with E-state index in [0.29, 0.717) is 18.3 Å². The minimum atomic E-state index is 0. The second-order valence-electron chi connectivity index (χ2n) is 6.19. The van der Waals surface area contributed by atoms with E-state index in [9.17, 15) is 4.79 Å². The zero-order chi connectivity index (χ0) is 16.1. The third kappa shape index (κ3) is 5.53. The summed E-state index contributed by atoms with van der Waals surface area (Å²) in [5.74, 6) is 3.75. The number of hydrogen-bond acceptors (Lipinski definition) is 5. The number of thioether (sulfide) groups is 1. The van der Waals surface area contributed by atoms with Gasteiger partial charge in [-0.3, -0.25) is 4.79 Å². The summed E-state index contributed by atoms with van der Waals surface area (Å²) in [5.41, 5.74) is 0. The fraction of sp³-hybridized carbons (Fsp3) is 0.688.